The van der Waals surface area contributed by atoms with Gasteiger partial charge in [0.1, 0.15) is 0 Å². The molecule has 0 atom stereocenters. The molecular formula is C13H26N2O. The summed E-state index contributed by atoms with van der Waals surface area (Å²) in [4.78, 5) is 2.44. The van der Waals surface area contributed by atoms with Gasteiger partial charge in [0.15, 0.2) is 0 Å². The van der Waals surface area contributed by atoms with Crippen LogP contribution < -0.4 is 5.32 Å². The SMILES string of the molecule is CN(C)C1(CNC2CCOCC2)CCCC1. The zero-order valence-electron chi connectivity index (χ0n) is 10.8. The maximum absolute atomic E-state index is 5.39. The Hall–Kier alpha value is -0.120. The van der Waals surface area contributed by atoms with E-state index in [0.29, 0.717) is 11.6 Å². The smallest absolute Gasteiger partial charge is 0.0480 e. The van der Waals surface area contributed by atoms with Crippen molar-refractivity contribution in [3.05, 3.63) is 0 Å². The lowest BCUT2D eigenvalue weighted by molar-refractivity contribution is 0.0700. The Morgan fingerprint density at radius 3 is 2.38 bits per heavy atom. The molecule has 3 nitrogen and oxygen atoms in total. The van der Waals surface area contributed by atoms with E-state index >= 15 is 0 Å². The first-order chi connectivity index (χ1) is 7.73. The summed E-state index contributed by atoms with van der Waals surface area (Å²) in [6.45, 7) is 3.03. The summed E-state index contributed by atoms with van der Waals surface area (Å²) in [5.74, 6) is 0. The normalized spacial score (nSPS) is 26.4. The number of likely N-dealkylation sites (N-methyl/N-ethyl adjacent to an activating group) is 1. The highest BCUT2D eigenvalue weighted by Crippen LogP contribution is 2.33. The largest absolute Gasteiger partial charge is 0.381 e. The van der Waals surface area contributed by atoms with Crippen LogP contribution in [0.4, 0.5) is 0 Å². The van der Waals surface area contributed by atoms with Gasteiger partial charge in [-0.15, -0.1) is 0 Å². The highest BCUT2D eigenvalue weighted by molar-refractivity contribution is 4.95. The van der Waals surface area contributed by atoms with E-state index in [1.807, 2.05) is 0 Å². The Labute approximate surface area is 99.5 Å². The van der Waals surface area contributed by atoms with E-state index in [4.69, 9.17) is 4.74 Å². The maximum Gasteiger partial charge on any atom is 0.0480 e. The van der Waals surface area contributed by atoms with Crippen LogP contribution in [0, 0.1) is 0 Å². The molecule has 1 aliphatic heterocycles. The first-order valence-electron chi connectivity index (χ1n) is 6.71. The molecule has 0 radical (unpaired) electrons. The molecule has 2 rings (SSSR count). The summed E-state index contributed by atoms with van der Waals surface area (Å²) in [5.41, 5.74) is 0.429. The Morgan fingerprint density at radius 2 is 1.81 bits per heavy atom. The van der Waals surface area contributed by atoms with Crippen molar-refractivity contribution in [3.8, 4) is 0 Å². The van der Waals surface area contributed by atoms with E-state index in [1.165, 1.54) is 38.5 Å². The van der Waals surface area contributed by atoms with Gasteiger partial charge in [-0.2, -0.15) is 0 Å². The minimum absolute atomic E-state index is 0.429. The van der Waals surface area contributed by atoms with E-state index in [-0.39, 0.29) is 0 Å². The van der Waals surface area contributed by atoms with Gasteiger partial charge < -0.3 is 15.0 Å². The van der Waals surface area contributed by atoms with Gasteiger partial charge in [-0.05, 0) is 39.8 Å². The number of nitrogens with zero attached hydrogens (tertiary/aromatic N) is 1. The second-order valence-electron chi connectivity index (χ2n) is 5.59. The van der Waals surface area contributed by atoms with Crippen LogP contribution in [-0.4, -0.2) is 50.3 Å². The molecule has 94 valence electrons. The summed E-state index contributed by atoms with van der Waals surface area (Å²) >= 11 is 0. The molecule has 1 heterocycles. The summed E-state index contributed by atoms with van der Waals surface area (Å²) in [7, 11) is 4.47. The molecule has 2 fully saturated rings. The molecule has 1 aliphatic carbocycles. The standard InChI is InChI=1S/C13H26N2O/c1-15(2)13(7-3-4-8-13)11-14-12-5-9-16-10-6-12/h12,14H,3-11H2,1-2H3. The number of nitrogens with one attached hydrogen (secondary N) is 1. The number of ether oxygens (including phenoxy) is 1. The third kappa shape index (κ3) is 2.76. The summed E-state index contributed by atoms with van der Waals surface area (Å²) < 4.78 is 5.39. The van der Waals surface area contributed by atoms with Crippen LogP contribution in [0.1, 0.15) is 38.5 Å². The van der Waals surface area contributed by atoms with Crippen LogP contribution in [0.3, 0.4) is 0 Å². The summed E-state index contributed by atoms with van der Waals surface area (Å²) in [6.07, 6.45) is 7.88. The lowest BCUT2D eigenvalue weighted by atomic mass is 9.95. The first-order valence-corrected chi connectivity index (χ1v) is 6.71. The molecule has 2 aliphatic rings. The highest BCUT2D eigenvalue weighted by Gasteiger charge is 2.36. The monoisotopic (exact) mass is 226 g/mol. The molecule has 1 saturated carbocycles. The third-order valence-corrected chi connectivity index (χ3v) is 4.42. The predicted octanol–water partition coefficient (Wildman–Crippen LogP) is 1.63. The second-order valence-corrected chi connectivity index (χ2v) is 5.59. The van der Waals surface area contributed by atoms with Crippen LogP contribution >= 0.6 is 0 Å². The minimum Gasteiger partial charge on any atom is -0.381 e. The number of hydrogen-bond acceptors (Lipinski definition) is 3. The maximum atomic E-state index is 5.39. The van der Waals surface area contributed by atoms with Gasteiger partial charge in [-0.25, -0.2) is 0 Å². The fourth-order valence-electron chi connectivity index (χ4n) is 3.05. The molecule has 1 saturated heterocycles. The van der Waals surface area contributed by atoms with Crippen LogP contribution in [0.25, 0.3) is 0 Å². The van der Waals surface area contributed by atoms with Crippen molar-refractivity contribution in [2.45, 2.75) is 50.1 Å². The van der Waals surface area contributed by atoms with Gasteiger partial charge in [0.25, 0.3) is 0 Å². The zero-order chi connectivity index (χ0) is 11.4. The zero-order valence-corrected chi connectivity index (χ0v) is 10.8. The molecule has 16 heavy (non-hydrogen) atoms. The van der Waals surface area contributed by atoms with Crippen molar-refractivity contribution in [1.82, 2.24) is 10.2 Å². The molecule has 0 aromatic heterocycles. The van der Waals surface area contributed by atoms with E-state index < -0.39 is 0 Å². The van der Waals surface area contributed by atoms with Gasteiger partial charge in [-0.1, -0.05) is 12.8 Å². The Balaban J connectivity index is 1.81. The average molecular weight is 226 g/mol. The molecule has 0 aromatic carbocycles. The molecule has 0 amide bonds. The van der Waals surface area contributed by atoms with E-state index in [9.17, 15) is 0 Å². The number of hydrogen-bond donors (Lipinski definition) is 1. The topological polar surface area (TPSA) is 24.5 Å². The third-order valence-electron chi connectivity index (χ3n) is 4.42. The van der Waals surface area contributed by atoms with Crippen LogP contribution in [0.5, 0.6) is 0 Å². The first kappa shape index (κ1) is 12.3. The molecular weight excluding hydrogens is 200 g/mol. The predicted molar refractivity (Wildman–Crippen MR) is 66.7 cm³/mol. The minimum atomic E-state index is 0.429. The summed E-state index contributed by atoms with van der Waals surface area (Å²) in [5, 5.41) is 3.76. The van der Waals surface area contributed by atoms with E-state index in [0.717, 1.165) is 19.8 Å². The van der Waals surface area contributed by atoms with E-state index in [1.54, 1.807) is 0 Å². The van der Waals surface area contributed by atoms with Gasteiger partial charge in [0, 0.05) is 31.3 Å². The molecule has 0 spiro atoms. The lowest BCUT2D eigenvalue weighted by Gasteiger charge is -2.38. The second kappa shape index (κ2) is 5.48. The van der Waals surface area contributed by atoms with Crippen molar-refractivity contribution in [2.24, 2.45) is 0 Å². The van der Waals surface area contributed by atoms with Crippen LogP contribution in [0.15, 0.2) is 0 Å². The Kier molecular flexibility index (Phi) is 4.22. The quantitative estimate of drug-likeness (QED) is 0.788. The summed E-state index contributed by atoms with van der Waals surface area (Å²) in [6, 6.07) is 0.686. The Bertz CT molecular complexity index is 206. The van der Waals surface area contributed by atoms with Gasteiger partial charge in [-0.3, -0.25) is 0 Å². The van der Waals surface area contributed by atoms with Crippen molar-refractivity contribution >= 4 is 0 Å². The fraction of sp³-hybridized carbons (Fsp3) is 1.00. The van der Waals surface area contributed by atoms with Gasteiger partial charge >= 0.3 is 0 Å². The molecule has 0 aromatic rings. The highest BCUT2D eigenvalue weighted by atomic mass is 16.5. The van der Waals surface area contributed by atoms with Crippen molar-refractivity contribution in [2.75, 3.05) is 33.9 Å². The molecule has 0 unspecified atom stereocenters. The van der Waals surface area contributed by atoms with Crippen molar-refractivity contribution in [3.63, 3.8) is 0 Å². The van der Waals surface area contributed by atoms with E-state index in [2.05, 4.69) is 24.3 Å². The average Bonchev–Trinajstić information content (AvgIpc) is 2.78. The van der Waals surface area contributed by atoms with Crippen LogP contribution in [-0.2, 0) is 4.74 Å². The molecule has 1 N–H and O–H groups in total. The van der Waals surface area contributed by atoms with Crippen molar-refractivity contribution in [1.29, 1.82) is 0 Å². The van der Waals surface area contributed by atoms with Gasteiger partial charge in [0.05, 0.1) is 0 Å². The number of rotatable bonds is 4. The molecule has 3 heteroatoms. The van der Waals surface area contributed by atoms with Gasteiger partial charge in [0.2, 0.25) is 0 Å². The lowest BCUT2D eigenvalue weighted by Crippen LogP contribution is -2.52. The van der Waals surface area contributed by atoms with Crippen molar-refractivity contribution < 1.29 is 4.74 Å². The van der Waals surface area contributed by atoms with Crippen LogP contribution in [0.2, 0.25) is 0 Å². The molecule has 0 bridgehead atoms. The Morgan fingerprint density at radius 1 is 1.19 bits per heavy atom. The fourth-order valence-corrected chi connectivity index (χ4v) is 3.05.